The van der Waals surface area contributed by atoms with Crippen LogP contribution >= 0.6 is 0 Å². The highest BCUT2D eigenvalue weighted by Gasteiger charge is 2.25. The smallest absolute Gasteiger partial charge is 0.309 e. The van der Waals surface area contributed by atoms with E-state index in [0.717, 1.165) is 25.9 Å². The maximum absolute atomic E-state index is 11.2. The number of ether oxygens (including phenoxy) is 1. The van der Waals surface area contributed by atoms with Crippen molar-refractivity contribution in [1.82, 2.24) is 4.90 Å². The van der Waals surface area contributed by atoms with Crippen LogP contribution in [-0.4, -0.2) is 49.3 Å². The SMILES string of the molecule is COC(=O)C1CCCN(CCO)C1. The molecule has 1 unspecified atom stereocenters. The molecule has 1 fully saturated rings. The normalized spacial score (nSPS) is 24.3. The quantitative estimate of drug-likeness (QED) is 0.625. The average Bonchev–Trinajstić information content (AvgIpc) is 2.18. The number of nitrogens with zero attached hydrogens (tertiary/aromatic N) is 1. The Morgan fingerprint density at radius 3 is 3.08 bits per heavy atom. The number of hydrogen-bond donors (Lipinski definition) is 1. The highest BCUT2D eigenvalue weighted by molar-refractivity contribution is 5.72. The third kappa shape index (κ3) is 2.97. The minimum Gasteiger partial charge on any atom is -0.469 e. The fourth-order valence-corrected chi connectivity index (χ4v) is 1.76. The van der Waals surface area contributed by atoms with Gasteiger partial charge in [-0.3, -0.25) is 4.79 Å². The van der Waals surface area contributed by atoms with E-state index in [4.69, 9.17) is 5.11 Å². The zero-order valence-corrected chi connectivity index (χ0v) is 8.03. The Hall–Kier alpha value is -0.610. The molecule has 0 radical (unpaired) electrons. The zero-order chi connectivity index (χ0) is 9.68. The van der Waals surface area contributed by atoms with E-state index in [0.29, 0.717) is 6.54 Å². The van der Waals surface area contributed by atoms with Crippen LogP contribution in [0.15, 0.2) is 0 Å². The second-order valence-corrected chi connectivity index (χ2v) is 3.39. The van der Waals surface area contributed by atoms with Crippen molar-refractivity contribution < 1.29 is 14.6 Å². The minimum absolute atomic E-state index is 0.00491. The lowest BCUT2D eigenvalue weighted by atomic mass is 9.98. The number of carbonyl (C=O) groups excluding carboxylic acids is 1. The largest absolute Gasteiger partial charge is 0.469 e. The number of aliphatic hydroxyl groups excluding tert-OH is 1. The van der Waals surface area contributed by atoms with E-state index in [9.17, 15) is 4.79 Å². The van der Waals surface area contributed by atoms with Crippen LogP contribution in [0, 0.1) is 5.92 Å². The van der Waals surface area contributed by atoms with Gasteiger partial charge in [-0.2, -0.15) is 0 Å². The van der Waals surface area contributed by atoms with Crippen LogP contribution in [0.5, 0.6) is 0 Å². The van der Waals surface area contributed by atoms with Crippen molar-refractivity contribution in [1.29, 1.82) is 0 Å². The van der Waals surface area contributed by atoms with Crippen LogP contribution in [0.3, 0.4) is 0 Å². The van der Waals surface area contributed by atoms with Gasteiger partial charge in [-0.1, -0.05) is 0 Å². The third-order valence-corrected chi connectivity index (χ3v) is 2.46. The summed E-state index contributed by atoms with van der Waals surface area (Å²) in [4.78, 5) is 13.3. The third-order valence-electron chi connectivity index (χ3n) is 2.46. The second-order valence-electron chi connectivity index (χ2n) is 3.39. The lowest BCUT2D eigenvalue weighted by molar-refractivity contribution is -0.147. The van der Waals surface area contributed by atoms with Crippen LogP contribution in [0.1, 0.15) is 12.8 Å². The van der Waals surface area contributed by atoms with E-state index in [2.05, 4.69) is 9.64 Å². The first-order valence-corrected chi connectivity index (χ1v) is 4.69. The van der Waals surface area contributed by atoms with E-state index < -0.39 is 0 Å². The molecule has 13 heavy (non-hydrogen) atoms. The van der Waals surface area contributed by atoms with Crippen molar-refractivity contribution in [3.63, 3.8) is 0 Å². The maximum atomic E-state index is 11.2. The number of hydrogen-bond acceptors (Lipinski definition) is 4. The van der Waals surface area contributed by atoms with Gasteiger partial charge < -0.3 is 14.7 Å². The number of likely N-dealkylation sites (tertiary alicyclic amines) is 1. The molecule has 1 saturated heterocycles. The predicted octanol–water partition coefficient (Wildman–Crippen LogP) is -0.136. The Labute approximate surface area is 78.5 Å². The Kier molecular flexibility index (Phi) is 4.18. The summed E-state index contributed by atoms with van der Waals surface area (Å²) in [6.07, 6.45) is 1.92. The van der Waals surface area contributed by atoms with Gasteiger partial charge in [0.1, 0.15) is 0 Å². The van der Waals surface area contributed by atoms with Crippen molar-refractivity contribution in [3.8, 4) is 0 Å². The molecule has 76 valence electrons. The Balaban J connectivity index is 2.37. The molecule has 4 heteroatoms. The number of β-amino-alcohol motifs (C(OH)–C–C–N with tert-alkyl or cyclic N) is 1. The van der Waals surface area contributed by atoms with E-state index in [1.54, 1.807) is 0 Å². The molecule has 0 aromatic heterocycles. The number of rotatable bonds is 3. The molecular weight excluding hydrogens is 170 g/mol. The number of esters is 1. The maximum Gasteiger partial charge on any atom is 0.309 e. The van der Waals surface area contributed by atoms with Gasteiger partial charge in [0, 0.05) is 13.1 Å². The van der Waals surface area contributed by atoms with Crippen molar-refractivity contribution in [2.75, 3.05) is 33.4 Å². The molecule has 1 N–H and O–H groups in total. The molecule has 0 aromatic rings. The summed E-state index contributed by atoms with van der Waals surface area (Å²) in [5.41, 5.74) is 0. The van der Waals surface area contributed by atoms with Crippen molar-refractivity contribution in [2.24, 2.45) is 5.92 Å². The first-order valence-electron chi connectivity index (χ1n) is 4.69. The molecule has 0 bridgehead atoms. The van der Waals surface area contributed by atoms with E-state index in [1.807, 2.05) is 0 Å². The molecule has 4 nitrogen and oxygen atoms in total. The summed E-state index contributed by atoms with van der Waals surface area (Å²) in [5, 5.41) is 8.74. The summed E-state index contributed by atoms with van der Waals surface area (Å²) in [6, 6.07) is 0. The number of piperidine rings is 1. The predicted molar refractivity (Wildman–Crippen MR) is 48.3 cm³/mol. The molecule has 0 aromatic carbocycles. The number of methoxy groups -OCH3 is 1. The highest BCUT2D eigenvalue weighted by atomic mass is 16.5. The van der Waals surface area contributed by atoms with Crippen LogP contribution in [0.2, 0.25) is 0 Å². The van der Waals surface area contributed by atoms with Gasteiger partial charge in [0.25, 0.3) is 0 Å². The summed E-state index contributed by atoms with van der Waals surface area (Å²) >= 11 is 0. The molecular formula is C9H17NO3. The van der Waals surface area contributed by atoms with E-state index >= 15 is 0 Å². The van der Waals surface area contributed by atoms with Gasteiger partial charge in [-0.05, 0) is 19.4 Å². The van der Waals surface area contributed by atoms with Gasteiger partial charge in [0.2, 0.25) is 0 Å². The standard InChI is InChI=1S/C9H17NO3/c1-13-9(12)8-3-2-4-10(7-8)5-6-11/h8,11H,2-7H2,1H3. The fourth-order valence-electron chi connectivity index (χ4n) is 1.76. The van der Waals surface area contributed by atoms with Gasteiger partial charge in [-0.25, -0.2) is 0 Å². The van der Waals surface area contributed by atoms with E-state index in [1.165, 1.54) is 7.11 Å². The summed E-state index contributed by atoms with van der Waals surface area (Å²) in [6.45, 7) is 2.53. The van der Waals surface area contributed by atoms with Crippen molar-refractivity contribution in [3.05, 3.63) is 0 Å². The lowest BCUT2D eigenvalue weighted by Gasteiger charge is -2.30. The Morgan fingerprint density at radius 2 is 2.46 bits per heavy atom. The molecule has 0 saturated carbocycles. The van der Waals surface area contributed by atoms with Crippen LogP contribution in [-0.2, 0) is 9.53 Å². The van der Waals surface area contributed by atoms with Gasteiger partial charge in [0.15, 0.2) is 0 Å². The van der Waals surface area contributed by atoms with Crippen LogP contribution < -0.4 is 0 Å². The Bertz CT molecular complexity index is 170. The zero-order valence-electron chi connectivity index (χ0n) is 8.03. The van der Waals surface area contributed by atoms with Crippen LogP contribution in [0.4, 0.5) is 0 Å². The van der Waals surface area contributed by atoms with Crippen molar-refractivity contribution >= 4 is 5.97 Å². The van der Waals surface area contributed by atoms with Gasteiger partial charge in [0.05, 0.1) is 19.6 Å². The molecule has 1 atom stereocenters. The number of aliphatic hydroxyl groups is 1. The molecule has 1 aliphatic heterocycles. The topological polar surface area (TPSA) is 49.8 Å². The monoisotopic (exact) mass is 187 g/mol. The first kappa shape index (κ1) is 10.5. The molecule has 0 amide bonds. The molecule has 1 heterocycles. The highest BCUT2D eigenvalue weighted by Crippen LogP contribution is 2.16. The average molecular weight is 187 g/mol. The van der Waals surface area contributed by atoms with Gasteiger partial charge in [-0.15, -0.1) is 0 Å². The van der Waals surface area contributed by atoms with E-state index in [-0.39, 0.29) is 18.5 Å². The summed E-state index contributed by atoms with van der Waals surface area (Å²) < 4.78 is 4.69. The second kappa shape index (κ2) is 5.19. The van der Waals surface area contributed by atoms with Crippen LogP contribution in [0.25, 0.3) is 0 Å². The lowest BCUT2D eigenvalue weighted by Crippen LogP contribution is -2.40. The number of carbonyl (C=O) groups is 1. The molecule has 0 aliphatic carbocycles. The molecule has 1 rings (SSSR count). The summed E-state index contributed by atoms with van der Waals surface area (Å²) in [5.74, 6) is -0.118. The first-order chi connectivity index (χ1) is 6.27. The molecule has 1 aliphatic rings. The van der Waals surface area contributed by atoms with Crippen molar-refractivity contribution in [2.45, 2.75) is 12.8 Å². The summed E-state index contributed by atoms with van der Waals surface area (Å²) in [7, 11) is 1.42. The van der Waals surface area contributed by atoms with Gasteiger partial charge >= 0.3 is 5.97 Å². The Morgan fingerprint density at radius 1 is 1.69 bits per heavy atom. The minimum atomic E-state index is -0.123. The molecule has 0 spiro atoms. The fraction of sp³-hybridized carbons (Fsp3) is 0.889.